The molecule has 4 rings (SSSR count). The summed E-state index contributed by atoms with van der Waals surface area (Å²) in [5.74, 6) is 0. The number of pyridine rings is 1. The normalized spacial score (nSPS) is 16.0. The summed E-state index contributed by atoms with van der Waals surface area (Å²) in [7, 11) is 1.93. The number of fused-ring (bicyclic) bond motifs is 1. The number of ether oxygens (including phenoxy) is 1. The maximum Gasteiger partial charge on any atom is 0.159 e. The van der Waals surface area contributed by atoms with Gasteiger partial charge in [0.25, 0.3) is 0 Å². The van der Waals surface area contributed by atoms with Gasteiger partial charge in [0.1, 0.15) is 0 Å². The molecule has 2 aromatic heterocycles. The smallest absolute Gasteiger partial charge is 0.159 e. The topological polar surface area (TPSA) is 43.2 Å². The zero-order valence-corrected chi connectivity index (χ0v) is 13.9. The molecule has 1 aliphatic heterocycles. The van der Waals surface area contributed by atoms with Gasteiger partial charge in [-0.05, 0) is 24.5 Å². The molecule has 0 N–H and O–H groups in total. The SMILES string of the molecule is Cn1ncc2c(N3CCC(OCc4ccccc4)CC3)ccnc21. The monoisotopic (exact) mass is 322 g/mol. The predicted octanol–water partition coefficient (Wildman–Crippen LogP) is 3.15. The van der Waals surface area contributed by atoms with Crippen LogP contribution in [0.25, 0.3) is 11.0 Å². The number of hydrogen-bond acceptors (Lipinski definition) is 4. The first-order valence-corrected chi connectivity index (χ1v) is 8.48. The second-order valence-electron chi connectivity index (χ2n) is 6.32. The van der Waals surface area contributed by atoms with E-state index in [0.29, 0.717) is 12.7 Å². The fourth-order valence-corrected chi connectivity index (χ4v) is 3.36. The van der Waals surface area contributed by atoms with Gasteiger partial charge in [0, 0.05) is 26.3 Å². The zero-order valence-electron chi connectivity index (χ0n) is 13.9. The van der Waals surface area contributed by atoms with E-state index in [-0.39, 0.29) is 0 Å². The minimum atomic E-state index is 0.340. The van der Waals surface area contributed by atoms with Crippen molar-refractivity contribution < 1.29 is 4.74 Å². The van der Waals surface area contributed by atoms with E-state index in [4.69, 9.17) is 4.74 Å². The van der Waals surface area contributed by atoms with Crippen molar-refractivity contribution in [3.8, 4) is 0 Å². The van der Waals surface area contributed by atoms with Crippen LogP contribution in [0.3, 0.4) is 0 Å². The van der Waals surface area contributed by atoms with Gasteiger partial charge in [0.2, 0.25) is 0 Å². The van der Waals surface area contributed by atoms with Crippen LogP contribution < -0.4 is 4.90 Å². The van der Waals surface area contributed by atoms with Crippen molar-refractivity contribution in [1.82, 2.24) is 14.8 Å². The summed E-state index contributed by atoms with van der Waals surface area (Å²) in [6.07, 6.45) is 6.23. The quantitative estimate of drug-likeness (QED) is 0.740. The van der Waals surface area contributed by atoms with Crippen molar-refractivity contribution in [1.29, 1.82) is 0 Å². The molecule has 24 heavy (non-hydrogen) atoms. The molecule has 0 atom stereocenters. The Labute approximate surface area is 141 Å². The van der Waals surface area contributed by atoms with E-state index in [1.165, 1.54) is 11.3 Å². The van der Waals surface area contributed by atoms with Crippen LogP contribution in [0.5, 0.6) is 0 Å². The maximum atomic E-state index is 6.09. The van der Waals surface area contributed by atoms with Gasteiger partial charge < -0.3 is 9.64 Å². The third-order valence-corrected chi connectivity index (χ3v) is 4.72. The Morgan fingerprint density at radius 1 is 1.12 bits per heavy atom. The largest absolute Gasteiger partial charge is 0.373 e. The highest BCUT2D eigenvalue weighted by molar-refractivity contribution is 5.89. The van der Waals surface area contributed by atoms with Gasteiger partial charge >= 0.3 is 0 Å². The van der Waals surface area contributed by atoms with Crippen LogP contribution in [-0.4, -0.2) is 34.0 Å². The summed E-state index contributed by atoms with van der Waals surface area (Å²) < 4.78 is 7.92. The highest BCUT2D eigenvalue weighted by Gasteiger charge is 2.22. The second kappa shape index (κ2) is 6.61. The minimum absolute atomic E-state index is 0.340. The minimum Gasteiger partial charge on any atom is -0.373 e. The van der Waals surface area contributed by atoms with Crippen LogP contribution >= 0.6 is 0 Å². The number of anilines is 1. The summed E-state index contributed by atoms with van der Waals surface area (Å²) in [4.78, 5) is 6.85. The number of nitrogens with zero attached hydrogens (tertiary/aromatic N) is 4. The molecule has 0 unspecified atom stereocenters. The summed E-state index contributed by atoms with van der Waals surface area (Å²) >= 11 is 0. The van der Waals surface area contributed by atoms with Crippen LogP contribution in [0.4, 0.5) is 5.69 Å². The van der Waals surface area contributed by atoms with Crippen molar-refractivity contribution >= 4 is 16.7 Å². The van der Waals surface area contributed by atoms with E-state index in [9.17, 15) is 0 Å². The molecular formula is C19H22N4O. The van der Waals surface area contributed by atoms with Crippen LogP contribution in [0.1, 0.15) is 18.4 Å². The summed E-state index contributed by atoms with van der Waals surface area (Å²) in [6, 6.07) is 12.5. The van der Waals surface area contributed by atoms with Crippen molar-refractivity contribution in [2.24, 2.45) is 7.05 Å². The Hall–Kier alpha value is -2.40. The van der Waals surface area contributed by atoms with Gasteiger partial charge in [-0.25, -0.2) is 4.98 Å². The van der Waals surface area contributed by atoms with Gasteiger partial charge in [0.15, 0.2) is 5.65 Å². The fraction of sp³-hybridized carbons (Fsp3) is 0.368. The van der Waals surface area contributed by atoms with Gasteiger partial charge in [0.05, 0.1) is 30.0 Å². The molecule has 5 heteroatoms. The molecule has 1 fully saturated rings. The van der Waals surface area contributed by atoms with E-state index in [0.717, 1.165) is 37.0 Å². The van der Waals surface area contributed by atoms with Gasteiger partial charge in [-0.1, -0.05) is 30.3 Å². The van der Waals surface area contributed by atoms with Crippen molar-refractivity contribution in [3.63, 3.8) is 0 Å². The van der Waals surface area contributed by atoms with E-state index < -0.39 is 0 Å². The number of rotatable bonds is 4. The summed E-state index contributed by atoms with van der Waals surface area (Å²) in [5.41, 5.74) is 3.41. The maximum absolute atomic E-state index is 6.09. The lowest BCUT2D eigenvalue weighted by molar-refractivity contribution is 0.0251. The van der Waals surface area contributed by atoms with Crippen molar-refractivity contribution in [3.05, 3.63) is 54.4 Å². The zero-order chi connectivity index (χ0) is 16.4. The first kappa shape index (κ1) is 15.1. The van der Waals surface area contributed by atoms with Crippen molar-refractivity contribution in [2.45, 2.75) is 25.6 Å². The highest BCUT2D eigenvalue weighted by atomic mass is 16.5. The van der Waals surface area contributed by atoms with E-state index in [1.54, 1.807) is 0 Å². The molecule has 1 aliphatic rings. The first-order valence-electron chi connectivity index (χ1n) is 8.48. The number of aromatic nitrogens is 3. The van der Waals surface area contributed by atoms with Crippen LogP contribution in [0.2, 0.25) is 0 Å². The van der Waals surface area contributed by atoms with Gasteiger partial charge in [-0.15, -0.1) is 0 Å². The molecule has 0 amide bonds. The summed E-state index contributed by atoms with van der Waals surface area (Å²) in [5, 5.41) is 5.46. The van der Waals surface area contributed by atoms with Crippen LogP contribution in [-0.2, 0) is 18.4 Å². The number of piperidine rings is 1. The lowest BCUT2D eigenvalue weighted by Gasteiger charge is -2.33. The van der Waals surface area contributed by atoms with E-state index >= 15 is 0 Å². The number of aryl methyl sites for hydroxylation is 1. The third-order valence-electron chi connectivity index (χ3n) is 4.72. The number of benzene rings is 1. The lowest BCUT2D eigenvalue weighted by atomic mass is 10.1. The molecule has 124 valence electrons. The predicted molar refractivity (Wildman–Crippen MR) is 95.0 cm³/mol. The molecule has 3 aromatic rings. The van der Waals surface area contributed by atoms with E-state index in [2.05, 4.69) is 45.3 Å². The molecule has 0 spiro atoms. The molecule has 0 bridgehead atoms. The lowest BCUT2D eigenvalue weighted by Crippen LogP contribution is -2.37. The standard InChI is InChI=1S/C19H22N4O/c1-22-19-17(13-21-22)18(7-10-20-19)23-11-8-16(9-12-23)24-14-15-5-3-2-4-6-15/h2-7,10,13,16H,8-9,11-12,14H2,1H3. The molecule has 0 saturated carbocycles. The first-order chi connectivity index (χ1) is 11.8. The Morgan fingerprint density at radius 3 is 2.71 bits per heavy atom. The molecule has 5 nitrogen and oxygen atoms in total. The molecule has 3 heterocycles. The molecule has 1 aromatic carbocycles. The van der Waals surface area contributed by atoms with Crippen LogP contribution in [0.15, 0.2) is 48.8 Å². The fourth-order valence-electron chi connectivity index (χ4n) is 3.36. The summed E-state index contributed by atoms with van der Waals surface area (Å²) in [6.45, 7) is 2.72. The second-order valence-corrected chi connectivity index (χ2v) is 6.32. The molecule has 0 radical (unpaired) electrons. The molecule has 0 aliphatic carbocycles. The number of hydrogen-bond donors (Lipinski definition) is 0. The molecule has 1 saturated heterocycles. The van der Waals surface area contributed by atoms with E-state index in [1.807, 2.05) is 30.2 Å². The Morgan fingerprint density at radius 2 is 1.92 bits per heavy atom. The molecular weight excluding hydrogens is 300 g/mol. The average Bonchev–Trinajstić information content (AvgIpc) is 3.03. The highest BCUT2D eigenvalue weighted by Crippen LogP contribution is 2.28. The van der Waals surface area contributed by atoms with Gasteiger partial charge in [-0.3, -0.25) is 4.68 Å². The van der Waals surface area contributed by atoms with Crippen LogP contribution in [0, 0.1) is 0 Å². The Bertz CT molecular complexity index is 807. The third kappa shape index (κ3) is 2.99. The Kier molecular flexibility index (Phi) is 4.17. The Balaban J connectivity index is 1.39. The van der Waals surface area contributed by atoms with Gasteiger partial charge in [-0.2, -0.15) is 5.10 Å². The van der Waals surface area contributed by atoms with Crippen molar-refractivity contribution in [2.75, 3.05) is 18.0 Å². The average molecular weight is 322 g/mol.